The van der Waals surface area contributed by atoms with Crippen molar-refractivity contribution in [3.63, 3.8) is 0 Å². The molecule has 0 radical (unpaired) electrons. The van der Waals surface area contributed by atoms with Crippen LogP contribution in [-0.4, -0.2) is 46.9 Å². The fourth-order valence-electron chi connectivity index (χ4n) is 3.82. The molecule has 30 heavy (non-hydrogen) atoms. The van der Waals surface area contributed by atoms with Gasteiger partial charge in [0.25, 0.3) is 0 Å². The Morgan fingerprint density at radius 1 is 1.03 bits per heavy atom. The molecule has 1 aliphatic heterocycles. The molecule has 156 valence electrons. The topological polar surface area (TPSA) is 53.4 Å². The van der Waals surface area contributed by atoms with Crippen LogP contribution in [0.3, 0.4) is 0 Å². The van der Waals surface area contributed by atoms with Crippen LogP contribution in [0.5, 0.6) is 0 Å². The second-order valence-corrected chi connectivity index (χ2v) is 7.64. The van der Waals surface area contributed by atoms with Gasteiger partial charge in [-0.15, -0.1) is 0 Å². The maximum Gasteiger partial charge on any atom is 0.321 e. The third-order valence-corrected chi connectivity index (χ3v) is 5.37. The maximum atomic E-state index is 14.0. The molecule has 2 aromatic carbocycles. The highest BCUT2D eigenvalue weighted by Crippen LogP contribution is 2.21. The second kappa shape index (κ2) is 8.57. The Labute approximate surface area is 175 Å². The molecule has 0 aliphatic carbocycles. The molecule has 0 atom stereocenters. The highest BCUT2D eigenvalue weighted by Gasteiger charge is 2.22. The van der Waals surface area contributed by atoms with Crippen molar-refractivity contribution < 1.29 is 9.18 Å². The van der Waals surface area contributed by atoms with Gasteiger partial charge in [0.2, 0.25) is 0 Å². The standard InChI is InChI=1S/C23H26FN5O/c1-17-14-18(2)29(26-17)16-19-6-5-7-20(15-19)25-23(30)28-12-10-27(11-13-28)22-9-4-3-8-21(22)24/h3-9,14-15H,10-13,16H2,1-2H3,(H,25,30). The van der Waals surface area contributed by atoms with E-state index in [0.29, 0.717) is 38.4 Å². The summed E-state index contributed by atoms with van der Waals surface area (Å²) >= 11 is 0. The molecule has 7 heteroatoms. The third-order valence-electron chi connectivity index (χ3n) is 5.37. The molecular formula is C23H26FN5O. The number of aryl methyl sites for hydroxylation is 2. The van der Waals surface area contributed by atoms with Gasteiger partial charge in [-0.05, 0) is 49.7 Å². The lowest BCUT2D eigenvalue weighted by Gasteiger charge is -2.36. The smallest absolute Gasteiger partial charge is 0.321 e. The van der Waals surface area contributed by atoms with Crippen molar-refractivity contribution in [2.24, 2.45) is 0 Å². The number of urea groups is 1. The highest BCUT2D eigenvalue weighted by atomic mass is 19.1. The molecule has 1 N–H and O–H groups in total. The molecule has 0 bridgehead atoms. The quantitative estimate of drug-likeness (QED) is 0.710. The summed E-state index contributed by atoms with van der Waals surface area (Å²) in [6.45, 7) is 6.97. The van der Waals surface area contributed by atoms with Crippen LogP contribution in [0.1, 0.15) is 17.0 Å². The van der Waals surface area contributed by atoms with E-state index in [4.69, 9.17) is 0 Å². The van der Waals surface area contributed by atoms with E-state index in [2.05, 4.69) is 10.4 Å². The zero-order valence-electron chi connectivity index (χ0n) is 17.3. The number of benzene rings is 2. The number of hydrogen-bond donors (Lipinski definition) is 1. The van der Waals surface area contributed by atoms with E-state index in [1.807, 2.05) is 59.8 Å². The summed E-state index contributed by atoms with van der Waals surface area (Å²) in [6.07, 6.45) is 0. The average molecular weight is 407 g/mol. The largest absolute Gasteiger partial charge is 0.366 e. The number of para-hydroxylation sites is 1. The lowest BCUT2D eigenvalue weighted by atomic mass is 10.2. The molecule has 1 fully saturated rings. The second-order valence-electron chi connectivity index (χ2n) is 7.64. The van der Waals surface area contributed by atoms with Crippen molar-refractivity contribution in [1.29, 1.82) is 0 Å². The predicted octanol–water partition coefficient (Wildman–Crippen LogP) is 4.04. The molecule has 1 aliphatic rings. The molecular weight excluding hydrogens is 381 g/mol. The summed E-state index contributed by atoms with van der Waals surface area (Å²) in [5, 5.41) is 7.49. The van der Waals surface area contributed by atoms with Gasteiger partial charge in [0, 0.05) is 37.6 Å². The van der Waals surface area contributed by atoms with E-state index < -0.39 is 0 Å². The Balaban J connectivity index is 1.35. The Morgan fingerprint density at radius 3 is 2.50 bits per heavy atom. The summed E-state index contributed by atoms with van der Waals surface area (Å²) in [5.41, 5.74) is 4.52. The van der Waals surface area contributed by atoms with E-state index in [1.54, 1.807) is 17.0 Å². The fourth-order valence-corrected chi connectivity index (χ4v) is 3.82. The fraction of sp³-hybridized carbons (Fsp3) is 0.304. The molecule has 4 rings (SSSR count). The van der Waals surface area contributed by atoms with Crippen molar-refractivity contribution >= 4 is 17.4 Å². The van der Waals surface area contributed by atoms with Crippen LogP contribution in [0.2, 0.25) is 0 Å². The molecule has 0 unspecified atom stereocenters. The molecule has 6 nitrogen and oxygen atoms in total. The Kier molecular flexibility index (Phi) is 5.70. The van der Waals surface area contributed by atoms with Gasteiger partial charge in [-0.1, -0.05) is 24.3 Å². The number of carbonyl (C=O) groups is 1. The number of anilines is 2. The van der Waals surface area contributed by atoms with E-state index in [1.165, 1.54) is 6.07 Å². The minimum Gasteiger partial charge on any atom is -0.366 e. The Morgan fingerprint density at radius 2 is 1.80 bits per heavy atom. The van der Waals surface area contributed by atoms with E-state index in [9.17, 15) is 9.18 Å². The SMILES string of the molecule is Cc1cc(C)n(Cc2cccc(NC(=O)N3CCN(c4ccccc4F)CC3)c2)n1. The minimum absolute atomic E-state index is 0.133. The van der Waals surface area contributed by atoms with Gasteiger partial charge in [0.1, 0.15) is 5.82 Å². The summed E-state index contributed by atoms with van der Waals surface area (Å²) < 4.78 is 16.0. The minimum atomic E-state index is -0.227. The van der Waals surface area contributed by atoms with Crippen molar-refractivity contribution in [3.8, 4) is 0 Å². The van der Waals surface area contributed by atoms with Gasteiger partial charge in [0.15, 0.2) is 0 Å². The molecule has 3 aromatic rings. The number of aromatic nitrogens is 2. The molecule has 2 amide bonds. The molecule has 0 saturated carbocycles. The van der Waals surface area contributed by atoms with Crippen LogP contribution < -0.4 is 10.2 Å². The first-order valence-electron chi connectivity index (χ1n) is 10.1. The molecule has 1 saturated heterocycles. The van der Waals surface area contributed by atoms with E-state index in [-0.39, 0.29) is 11.8 Å². The van der Waals surface area contributed by atoms with Gasteiger partial charge in [-0.3, -0.25) is 4.68 Å². The van der Waals surface area contributed by atoms with Gasteiger partial charge >= 0.3 is 6.03 Å². The number of carbonyl (C=O) groups excluding carboxylic acids is 1. The molecule has 1 aromatic heterocycles. The van der Waals surface area contributed by atoms with Gasteiger partial charge in [-0.25, -0.2) is 9.18 Å². The number of nitrogens with one attached hydrogen (secondary N) is 1. The number of piperazine rings is 1. The Hall–Kier alpha value is -3.35. The summed E-state index contributed by atoms with van der Waals surface area (Å²) in [4.78, 5) is 16.5. The van der Waals surface area contributed by atoms with E-state index in [0.717, 1.165) is 22.6 Å². The monoisotopic (exact) mass is 407 g/mol. The first-order chi connectivity index (χ1) is 14.5. The van der Waals surface area contributed by atoms with Crippen molar-refractivity contribution in [2.75, 3.05) is 36.4 Å². The first kappa shape index (κ1) is 19.9. The number of hydrogen-bond acceptors (Lipinski definition) is 3. The number of rotatable bonds is 4. The van der Waals surface area contributed by atoms with Gasteiger partial charge < -0.3 is 15.1 Å². The van der Waals surface area contributed by atoms with Crippen LogP contribution >= 0.6 is 0 Å². The number of amides is 2. The van der Waals surface area contributed by atoms with E-state index >= 15 is 0 Å². The van der Waals surface area contributed by atoms with Crippen molar-refractivity contribution in [1.82, 2.24) is 14.7 Å². The van der Waals surface area contributed by atoms with Gasteiger partial charge in [-0.2, -0.15) is 5.10 Å². The first-order valence-corrected chi connectivity index (χ1v) is 10.1. The van der Waals surface area contributed by atoms with Crippen LogP contribution in [-0.2, 0) is 6.54 Å². The molecule has 0 spiro atoms. The van der Waals surface area contributed by atoms with Crippen LogP contribution in [0.25, 0.3) is 0 Å². The summed E-state index contributed by atoms with van der Waals surface area (Å²) in [5.74, 6) is -0.227. The molecule has 2 heterocycles. The zero-order valence-corrected chi connectivity index (χ0v) is 17.3. The lowest BCUT2D eigenvalue weighted by Crippen LogP contribution is -2.50. The average Bonchev–Trinajstić information content (AvgIpc) is 3.05. The zero-order chi connectivity index (χ0) is 21.1. The third kappa shape index (κ3) is 4.45. The highest BCUT2D eigenvalue weighted by molar-refractivity contribution is 5.89. The van der Waals surface area contributed by atoms with Crippen LogP contribution in [0.15, 0.2) is 54.6 Å². The number of nitrogens with zero attached hydrogens (tertiary/aromatic N) is 4. The van der Waals surface area contributed by atoms with Crippen molar-refractivity contribution in [3.05, 3.63) is 77.4 Å². The van der Waals surface area contributed by atoms with Gasteiger partial charge in [0.05, 0.1) is 17.9 Å². The predicted molar refractivity (Wildman–Crippen MR) is 116 cm³/mol. The lowest BCUT2D eigenvalue weighted by molar-refractivity contribution is 0.208. The maximum absolute atomic E-state index is 14.0. The normalized spacial score (nSPS) is 14.1. The Bertz CT molecular complexity index is 1040. The van der Waals surface area contributed by atoms with Crippen LogP contribution in [0, 0.1) is 19.7 Å². The van der Waals surface area contributed by atoms with Crippen LogP contribution in [0.4, 0.5) is 20.6 Å². The summed E-state index contributed by atoms with van der Waals surface area (Å²) in [7, 11) is 0. The summed E-state index contributed by atoms with van der Waals surface area (Å²) in [6, 6.07) is 16.5. The number of halogens is 1. The van der Waals surface area contributed by atoms with Crippen molar-refractivity contribution in [2.45, 2.75) is 20.4 Å².